The minimum Gasteiger partial charge on any atom is -0.551 e. The molecule has 0 bridgehead atoms. The molecule has 3 unspecified atom stereocenters. The van der Waals surface area contributed by atoms with Gasteiger partial charge in [-0.25, -0.2) is 0 Å². The van der Waals surface area contributed by atoms with E-state index >= 15 is 0 Å². The second-order valence-corrected chi connectivity index (χ2v) is 10.4. The Kier molecular flexibility index (Phi) is 11.9. The molecule has 2 heterocycles. The average molecular weight is 531 g/mol. The molecule has 0 aliphatic carbocycles. The largest absolute Gasteiger partial charge is 1.20 e. The van der Waals surface area contributed by atoms with E-state index in [2.05, 4.69) is 0 Å². The zero-order chi connectivity index (χ0) is 26.0. The minimum absolute atomic E-state index is 0.00320. The van der Waals surface area contributed by atoms with Crippen LogP contribution in [0, 0.1) is 0 Å². The summed E-state index contributed by atoms with van der Waals surface area (Å²) in [7, 11) is 0. The van der Waals surface area contributed by atoms with Crippen LogP contribution in [0.2, 0.25) is 0 Å². The highest BCUT2D eigenvalue weighted by atomic mass is 27.3. The van der Waals surface area contributed by atoms with E-state index in [1.54, 1.807) is 0 Å². The zero-order valence-corrected chi connectivity index (χ0v) is 21.2. The van der Waals surface area contributed by atoms with Gasteiger partial charge in [0.2, 0.25) is 0 Å². The first-order valence-corrected chi connectivity index (χ1v) is 13.8. The molecule has 2 aliphatic heterocycles. The summed E-state index contributed by atoms with van der Waals surface area (Å²) >= 11 is -6.94. The predicted molar refractivity (Wildman–Crippen MR) is 114 cm³/mol. The Bertz CT molecular complexity index is 829. The lowest BCUT2D eigenvalue weighted by Crippen LogP contribution is -2.43. The van der Waals surface area contributed by atoms with Crippen molar-refractivity contribution in [3.8, 4) is 0 Å². The van der Waals surface area contributed by atoms with Crippen molar-refractivity contribution in [3.05, 3.63) is 0 Å². The summed E-state index contributed by atoms with van der Waals surface area (Å²) in [5.74, 6) is -4.87. The molecule has 0 aromatic heterocycles. The molecule has 0 spiro atoms. The van der Waals surface area contributed by atoms with Crippen LogP contribution in [0.5, 0.6) is 0 Å². The summed E-state index contributed by atoms with van der Waals surface area (Å²) in [5.41, 5.74) is 17.0. The van der Waals surface area contributed by atoms with Gasteiger partial charge < -0.3 is 39.9 Å². The summed E-state index contributed by atoms with van der Waals surface area (Å²) in [5, 5.41) is 0. The molecule has 0 aromatic carbocycles. The number of carbonyl (C=O) groups is 6. The summed E-state index contributed by atoms with van der Waals surface area (Å²) in [4.78, 5) is 71.5. The maximum atomic E-state index is 12.2. The molecule has 17 heteroatoms. The van der Waals surface area contributed by atoms with Crippen LogP contribution in [-0.2, 0) is 51.5 Å². The number of rotatable bonds is 7. The number of hydrogen-bond donors (Lipinski definition) is 3. The smallest absolute Gasteiger partial charge is 0.551 e. The van der Waals surface area contributed by atoms with Gasteiger partial charge in [-0.3, -0.25) is 28.8 Å². The molecule has 0 amide bonds. The molecule has 2 fully saturated rings. The zero-order valence-electron chi connectivity index (χ0n) is 18.9. The molecule has 0 radical (unpaired) electrons. The first-order valence-electron chi connectivity index (χ1n) is 11.0. The Balaban J connectivity index is 1.79. The monoisotopic (exact) mass is 531 g/mol. The van der Waals surface area contributed by atoms with Gasteiger partial charge in [0.05, 0.1) is 0 Å². The summed E-state index contributed by atoms with van der Waals surface area (Å²) < 4.78 is 29.7. The standard InChI is InChI=1S/3C6H11NO4.2Al/c3*7-4(6(10)11)2-1-3-5(8)9;;/h3*4H,1-3,7H2,(H,8,9)(H,10,11);;/q;;;2*+3/p-6. The van der Waals surface area contributed by atoms with Crippen molar-refractivity contribution in [1.29, 1.82) is 0 Å². The fraction of sp³-hybridized carbons (Fsp3) is 0.667. The molecule has 6 N–H and O–H groups in total. The first kappa shape index (κ1) is 29.0. The van der Waals surface area contributed by atoms with Crippen LogP contribution in [0.1, 0.15) is 57.8 Å². The highest BCUT2D eigenvalue weighted by molar-refractivity contribution is 6.44. The Morgan fingerprint density at radius 1 is 0.857 bits per heavy atom. The van der Waals surface area contributed by atoms with Crippen LogP contribution < -0.4 is 17.2 Å². The van der Waals surface area contributed by atoms with E-state index in [0.717, 1.165) is 0 Å². The van der Waals surface area contributed by atoms with Gasteiger partial charge >= 0.3 is 30.3 Å². The Hall–Kier alpha value is -2.24. The fourth-order valence-electron chi connectivity index (χ4n) is 2.94. The van der Waals surface area contributed by atoms with Crippen molar-refractivity contribution in [1.82, 2.24) is 0 Å². The molecule has 2 saturated heterocycles. The summed E-state index contributed by atoms with van der Waals surface area (Å²) in [6.07, 6.45) is 0.831. The van der Waals surface area contributed by atoms with Crippen LogP contribution in [0.3, 0.4) is 0 Å². The lowest BCUT2D eigenvalue weighted by atomic mass is 10.1. The molecule has 35 heavy (non-hydrogen) atoms. The van der Waals surface area contributed by atoms with Crippen molar-refractivity contribution >= 4 is 66.1 Å². The molecule has 3 atom stereocenters. The number of nitrogens with two attached hydrogens (primary N) is 3. The maximum Gasteiger partial charge on any atom is 1.20 e. The SMILES string of the molecule is NC1CCCC(=O)[O][Al]([O]C(=O)CCCC(N)C(=O)[O][Al]2[O]C(=O)CCCC(N)C(=O)[O]2)[O]C1=O. The van der Waals surface area contributed by atoms with E-state index in [-0.39, 0.29) is 44.9 Å². The van der Waals surface area contributed by atoms with Gasteiger partial charge in [0.15, 0.2) is 0 Å². The maximum absolute atomic E-state index is 12.2. The van der Waals surface area contributed by atoms with E-state index in [1.165, 1.54) is 0 Å². The van der Waals surface area contributed by atoms with Gasteiger partial charge in [-0.2, -0.15) is 0 Å². The van der Waals surface area contributed by atoms with Gasteiger partial charge in [0, 0.05) is 19.3 Å². The van der Waals surface area contributed by atoms with E-state index in [1.807, 2.05) is 0 Å². The molecule has 2 rings (SSSR count). The highest BCUT2D eigenvalue weighted by Gasteiger charge is 2.51. The van der Waals surface area contributed by atoms with Crippen molar-refractivity contribution in [2.24, 2.45) is 17.2 Å². The Morgan fingerprint density at radius 3 is 1.86 bits per heavy atom. The van der Waals surface area contributed by atoms with Crippen molar-refractivity contribution in [2.75, 3.05) is 0 Å². The Morgan fingerprint density at radius 2 is 1.34 bits per heavy atom. The van der Waals surface area contributed by atoms with Crippen molar-refractivity contribution in [3.63, 3.8) is 0 Å². The molecular formula is C18H27Al2N3O12. The molecule has 15 nitrogen and oxygen atoms in total. The van der Waals surface area contributed by atoms with Gasteiger partial charge in [-0.05, 0) is 38.5 Å². The van der Waals surface area contributed by atoms with E-state index in [9.17, 15) is 28.8 Å². The van der Waals surface area contributed by atoms with Crippen LogP contribution in [-0.4, -0.2) is 84.2 Å². The fourth-order valence-corrected chi connectivity index (χ4v) is 5.32. The van der Waals surface area contributed by atoms with E-state index < -0.39 is 84.2 Å². The lowest BCUT2D eigenvalue weighted by molar-refractivity contribution is -0.151. The van der Waals surface area contributed by atoms with Crippen molar-refractivity contribution in [2.45, 2.75) is 75.9 Å². The topological polar surface area (TPSA) is 236 Å². The predicted octanol–water partition coefficient (Wildman–Crippen LogP) is -2.26. The van der Waals surface area contributed by atoms with Gasteiger partial charge in [0.25, 0.3) is 35.8 Å². The lowest BCUT2D eigenvalue weighted by Gasteiger charge is -2.16. The highest BCUT2D eigenvalue weighted by Crippen LogP contribution is 2.12. The van der Waals surface area contributed by atoms with Crippen LogP contribution in [0.4, 0.5) is 0 Å². The van der Waals surface area contributed by atoms with Crippen LogP contribution in [0.15, 0.2) is 0 Å². The summed E-state index contributed by atoms with van der Waals surface area (Å²) in [6, 6.07) is -3.16. The molecular weight excluding hydrogens is 504 g/mol. The quantitative estimate of drug-likeness (QED) is 0.294. The van der Waals surface area contributed by atoms with Gasteiger partial charge in [0.1, 0.15) is 18.1 Å². The number of carbonyl (C=O) groups excluding carboxylic acids is 6. The first-order chi connectivity index (χ1) is 16.5. The minimum atomic E-state index is -3.51. The second-order valence-electron chi connectivity index (χ2n) is 7.85. The molecule has 192 valence electrons. The van der Waals surface area contributed by atoms with Crippen LogP contribution >= 0.6 is 0 Å². The van der Waals surface area contributed by atoms with Crippen LogP contribution in [0.25, 0.3) is 0 Å². The third-order valence-electron chi connectivity index (χ3n) is 4.92. The van der Waals surface area contributed by atoms with Gasteiger partial charge in [-0.1, -0.05) is 0 Å². The van der Waals surface area contributed by atoms with Crippen molar-refractivity contribution < 1.29 is 51.5 Å². The van der Waals surface area contributed by atoms with E-state index in [4.69, 9.17) is 39.9 Å². The Labute approximate surface area is 210 Å². The second kappa shape index (κ2) is 14.4. The molecule has 0 saturated carbocycles. The third-order valence-corrected chi connectivity index (χ3v) is 7.56. The molecule has 0 aromatic rings. The third kappa shape index (κ3) is 10.5. The molecule has 2 aliphatic rings. The normalized spacial score (nSPS) is 22.9. The summed E-state index contributed by atoms with van der Waals surface area (Å²) in [6.45, 7) is 0. The van der Waals surface area contributed by atoms with Gasteiger partial charge in [-0.15, -0.1) is 0 Å². The van der Waals surface area contributed by atoms with E-state index in [0.29, 0.717) is 12.8 Å². The number of hydrogen-bond acceptors (Lipinski definition) is 15. The average Bonchev–Trinajstić information content (AvgIpc) is 2.86.